The van der Waals surface area contributed by atoms with Crippen LogP contribution in [-0.4, -0.2) is 8.07 Å². The molecule has 0 aliphatic heterocycles. The van der Waals surface area contributed by atoms with E-state index in [2.05, 4.69) is 92.9 Å². The fourth-order valence-electron chi connectivity index (χ4n) is 5.87. The Morgan fingerprint density at radius 1 is 0.810 bits per heavy atom. The molecule has 2 nitrogen and oxygen atoms in total. The quantitative estimate of drug-likeness (QED) is 0.148. The largest absolute Gasteiger partial charge is 0.454 e. The van der Waals surface area contributed by atoms with E-state index in [1.165, 1.54) is 0 Å². The molecule has 4 aromatic carbocycles. The molecule has 3 heteroatoms. The fraction of sp³-hybridized carbons (Fsp3) is 0.256. The molecule has 0 aliphatic carbocycles. The van der Waals surface area contributed by atoms with Gasteiger partial charge in [-0.05, 0) is 46.5 Å². The number of aromatic nitrogens is 1. The lowest BCUT2D eigenvalue weighted by atomic mass is 9.87. The van der Waals surface area contributed by atoms with Gasteiger partial charge in [0.2, 0.25) is 5.69 Å². The highest BCUT2D eigenvalue weighted by Crippen LogP contribution is 2.41. The van der Waals surface area contributed by atoms with Gasteiger partial charge in [0, 0.05) is 30.3 Å². The number of aryl methyl sites for hydroxylation is 2. The van der Waals surface area contributed by atoms with Crippen LogP contribution >= 0.6 is 0 Å². The van der Waals surface area contributed by atoms with Crippen LogP contribution in [0.2, 0.25) is 19.6 Å². The Hall–Kier alpha value is -3.95. The normalized spacial score (nSPS) is 14.1. The molecule has 2 aromatic heterocycles. The van der Waals surface area contributed by atoms with Crippen molar-refractivity contribution in [2.24, 2.45) is 12.5 Å². The molecule has 212 valence electrons. The van der Waals surface area contributed by atoms with Crippen molar-refractivity contribution in [3.8, 4) is 33.5 Å². The zero-order valence-corrected chi connectivity index (χ0v) is 26.9. The summed E-state index contributed by atoms with van der Waals surface area (Å²) in [5.41, 5.74) is 7.88. The van der Waals surface area contributed by atoms with Crippen molar-refractivity contribution >= 4 is 35.2 Å². The molecule has 0 amide bonds. The van der Waals surface area contributed by atoms with Crippen molar-refractivity contribution in [1.82, 2.24) is 0 Å². The molecule has 0 saturated carbocycles. The molecule has 0 bridgehead atoms. The summed E-state index contributed by atoms with van der Waals surface area (Å²) < 4.78 is 44.9. The van der Waals surface area contributed by atoms with Crippen LogP contribution in [0.15, 0.2) is 102 Å². The van der Waals surface area contributed by atoms with Gasteiger partial charge in [-0.25, -0.2) is 4.57 Å². The molecule has 6 aromatic rings. The Labute approximate surface area is 257 Å². The second-order valence-electron chi connectivity index (χ2n) is 13.4. The van der Waals surface area contributed by atoms with Gasteiger partial charge in [0.15, 0.2) is 6.20 Å². The summed E-state index contributed by atoms with van der Waals surface area (Å²) in [5.74, 6) is 0. The molecule has 0 unspecified atom stereocenters. The van der Waals surface area contributed by atoms with Crippen molar-refractivity contribution in [3.63, 3.8) is 0 Å². The number of para-hydroxylation sites is 1. The smallest absolute Gasteiger partial charge is 0.216 e. The summed E-state index contributed by atoms with van der Waals surface area (Å²) in [4.78, 5) is 0. The molecular weight excluding hydrogens is 527 g/mol. The Morgan fingerprint density at radius 3 is 2.17 bits per heavy atom. The minimum atomic E-state index is -1.97. The van der Waals surface area contributed by atoms with Gasteiger partial charge in [-0.1, -0.05) is 125 Å². The van der Waals surface area contributed by atoms with Crippen LogP contribution in [0.25, 0.3) is 55.4 Å². The number of pyridine rings is 1. The topological polar surface area (TPSA) is 17.0 Å². The second-order valence-corrected chi connectivity index (χ2v) is 18.5. The van der Waals surface area contributed by atoms with Crippen molar-refractivity contribution in [1.29, 1.82) is 0 Å². The van der Waals surface area contributed by atoms with E-state index in [0.29, 0.717) is 11.1 Å². The van der Waals surface area contributed by atoms with Crippen LogP contribution in [0.5, 0.6) is 0 Å². The minimum absolute atomic E-state index is 0.168. The summed E-state index contributed by atoms with van der Waals surface area (Å²) in [6.45, 7) is 14.5. The van der Waals surface area contributed by atoms with Crippen LogP contribution in [-0.2, 0) is 13.4 Å². The van der Waals surface area contributed by atoms with Crippen LogP contribution in [0.4, 0.5) is 0 Å². The first-order valence-electron chi connectivity index (χ1n) is 16.7. The lowest BCUT2D eigenvalue weighted by Crippen LogP contribution is -2.46. The van der Waals surface area contributed by atoms with E-state index in [1.807, 2.05) is 39.0 Å². The third-order valence-electron chi connectivity index (χ3n) is 7.83. The van der Waals surface area contributed by atoms with Crippen LogP contribution in [0.3, 0.4) is 0 Å². The average molecular weight is 573 g/mol. The molecule has 0 fully saturated rings. The monoisotopic (exact) mass is 572 g/mol. The molecular formula is C39H42NOSi+. The number of rotatable bonds is 5. The van der Waals surface area contributed by atoms with Crippen molar-refractivity contribution in [2.75, 3.05) is 0 Å². The highest BCUT2D eigenvalue weighted by molar-refractivity contribution is 6.89. The summed E-state index contributed by atoms with van der Waals surface area (Å²) in [5, 5.41) is 3.25. The van der Waals surface area contributed by atoms with Gasteiger partial charge >= 0.3 is 0 Å². The maximum atomic E-state index is 9.16. The number of hydrogen-bond donors (Lipinski definition) is 0. The molecule has 42 heavy (non-hydrogen) atoms. The molecule has 2 heterocycles. The molecule has 0 spiro atoms. The SMILES string of the molecule is [2H]c1cc(C([2H])([2H])C(C)(C)C)cc([2H])c1-c1cc(-c2c(C)ccc3c2oc2c(-c4ccccc4)cccc23)[n+](C)cc1[Si](C)(C)C. The number of fused-ring (bicyclic) bond motifs is 3. The van der Waals surface area contributed by atoms with E-state index in [4.69, 9.17) is 9.90 Å². The number of benzene rings is 4. The van der Waals surface area contributed by atoms with E-state index < -0.39 is 19.9 Å². The molecule has 0 atom stereocenters. The standard InChI is InChI=1S/C39H42NOSi/c1-26-17-22-32-31-16-12-15-30(28-13-10-9-11-14-28)37(31)41-38(32)36(26)34-23-33(35(25-40(34)5)42(6,7)8)29-20-18-27(19-21-29)24-39(2,3)4/h9-23,25H,24H2,1-8H3/q+1/i20D,21D,24D2. The van der Waals surface area contributed by atoms with E-state index in [9.17, 15) is 0 Å². The van der Waals surface area contributed by atoms with Gasteiger partial charge < -0.3 is 4.42 Å². The van der Waals surface area contributed by atoms with Crippen molar-refractivity contribution in [2.45, 2.75) is 53.7 Å². The van der Waals surface area contributed by atoms with Gasteiger partial charge in [0.05, 0.1) is 16.4 Å². The Bertz CT molecular complexity index is 2110. The molecule has 0 radical (unpaired) electrons. The Balaban J connectivity index is 1.64. The van der Waals surface area contributed by atoms with Crippen LogP contribution in [0.1, 0.15) is 37.4 Å². The zero-order valence-electron chi connectivity index (χ0n) is 29.9. The lowest BCUT2D eigenvalue weighted by Gasteiger charge is -2.21. The van der Waals surface area contributed by atoms with Gasteiger partial charge in [0.1, 0.15) is 18.2 Å². The van der Waals surface area contributed by atoms with E-state index in [-0.39, 0.29) is 12.1 Å². The predicted molar refractivity (Wildman–Crippen MR) is 182 cm³/mol. The summed E-state index contributed by atoms with van der Waals surface area (Å²) in [6.07, 6.45) is 0.480. The van der Waals surface area contributed by atoms with Gasteiger partial charge in [-0.2, -0.15) is 0 Å². The molecule has 6 rings (SSSR count). The Morgan fingerprint density at radius 2 is 1.50 bits per heavy atom. The van der Waals surface area contributed by atoms with E-state index in [1.54, 1.807) is 12.1 Å². The predicted octanol–water partition coefficient (Wildman–Crippen LogP) is 9.85. The van der Waals surface area contributed by atoms with Crippen molar-refractivity contribution < 1.29 is 14.5 Å². The lowest BCUT2D eigenvalue weighted by molar-refractivity contribution is -0.659. The second kappa shape index (κ2) is 10.4. The van der Waals surface area contributed by atoms with Crippen LogP contribution < -0.4 is 9.75 Å². The number of hydrogen-bond acceptors (Lipinski definition) is 1. The highest BCUT2D eigenvalue weighted by atomic mass is 28.3. The van der Waals surface area contributed by atoms with Crippen molar-refractivity contribution in [3.05, 3.63) is 108 Å². The molecule has 0 aliphatic rings. The number of furan rings is 1. The average Bonchev–Trinajstić information content (AvgIpc) is 3.35. The third-order valence-corrected chi connectivity index (χ3v) is 9.85. The van der Waals surface area contributed by atoms with Gasteiger partial charge in [-0.3, -0.25) is 0 Å². The minimum Gasteiger partial charge on any atom is -0.454 e. The molecule has 0 saturated heterocycles. The zero-order chi connectivity index (χ0) is 33.3. The third kappa shape index (κ3) is 5.23. The maximum Gasteiger partial charge on any atom is 0.216 e. The summed E-state index contributed by atoms with van der Waals surface area (Å²) >= 11 is 0. The first kappa shape index (κ1) is 23.6. The van der Waals surface area contributed by atoms with Gasteiger partial charge in [0.25, 0.3) is 0 Å². The molecule has 0 N–H and O–H groups in total. The van der Waals surface area contributed by atoms with E-state index >= 15 is 0 Å². The number of nitrogens with zero attached hydrogens (tertiary/aromatic N) is 1. The maximum absolute atomic E-state index is 9.16. The fourth-order valence-corrected chi connectivity index (χ4v) is 7.46. The summed E-state index contributed by atoms with van der Waals surface area (Å²) in [6, 6.07) is 26.6. The summed E-state index contributed by atoms with van der Waals surface area (Å²) in [7, 11) is 0.0932. The van der Waals surface area contributed by atoms with Gasteiger partial charge in [-0.15, -0.1) is 0 Å². The first-order valence-corrected chi connectivity index (χ1v) is 18.2. The highest BCUT2D eigenvalue weighted by Gasteiger charge is 2.29. The van der Waals surface area contributed by atoms with Crippen LogP contribution in [0, 0.1) is 12.3 Å². The van der Waals surface area contributed by atoms with E-state index in [0.717, 1.165) is 60.6 Å². The Kier molecular flexibility index (Phi) is 5.84. The first-order chi connectivity index (χ1) is 21.5.